The van der Waals surface area contributed by atoms with E-state index in [4.69, 9.17) is 105 Å². The lowest BCUT2D eigenvalue weighted by Gasteiger charge is -2.35. The minimum atomic E-state index is -4.49. The Hall–Kier alpha value is -9.00. The maximum absolute atomic E-state index is 13.6. The number of aryl methyl sites for hydroxylation is 1. The number of carboxylic acids is 2. The third-order valence-electron chi connectivity index (χ3n) is 21.9. The number of ether oxygens (including phenoxy) is 20. The molecule has 3 aliphatic rings. The molecule has 0 bridgehead atoms. The van der Waals surface area contributed by atoms with Gasteiger partial charge in [0.2, 0.25) is 11.8 Å². The number of aromatic nitrogens is 1. The number of benzene rings is 3. The van der Waals surface area contributed by atoms with Crippen molar-refractivity contribution in [1.29, 1.82) is 0 Å². The first-order valence-corrected chi connectivity index (χ1v) is 50.3. The number of likely N-dealkylation sites (N-methyl/N-ethyl adjacent to an activating group) is 2. The molecule has 1 aromatic heterocycles. The first-order valence-electron chi connectivity index (χ1n) is 50.3. The van der Waals surface area contributed by atoms with Gasteiger partial charge in [-0.25, -0.2) is 9.59 Å². The zero-order valence-corrected chi connectivity index (χ0v) is 87.6. The summed E-state index contributed by atoms with van der Waals surface area (Å²) in [5.74, 6) is -2.88. The van der Waals surface area contributed by atoms with E-state index in [1.165, 1.54) is 29.3 Å². The van der Waals surface area contributed by atoms with Gasteiger partial charge in [-0.05, 0) is 179 Å². The predicted molar refractivity (Wildman–Crippen MR) is 537 cm³/mol. The largest absolute Gasteiger partial charge is 0.481 e. The number of likely N-dealkylation sites (tertiary alicyclic amines) is 2. The number of hydrogen-bond donors (Lipinski definition) is 5. The quantitative estimate of drug-likeness (QED) is 0.0256. The summed E-state index contributed by atoms with van der Waals surface area (Å²) in [5, 5.41) is 26.5. The van der Waals surface area contributed by atoms with Crippen LogP contribution in [0.2, 0.25) is 0 Å². The molecule has 3 aliphatic heterocycles. The van der Waals surface area contributed by atoms with Crippen LogP contribution >= 0.6 is 0 Å². The van der Waals surface area contributed by atoms with Gasteiger partial charge in [-0.1, -0.05) is 24.3 Å². The van der Waals surface area contributed by atoms with Crippen molar-refractivity contribution in [3.8, 4) is 11.3 Å². The number of hydrogen-bond acceptors (Lipinski definition) is 31. The molecule has 145 heavy (non-hydrogen) atoms. The molecule has 0 aliphatic carbocycles. The predicted octanol–water partition coefficient (Wildman–Crippen LogP) is 11.0. The highest BCUT2D eigenvalue weighted by Gasteiger charge is 2.35. The van der Waals surface area contributed by atoms with Gasteiger partial charge in [0.15, 0.2) is 0 Å². The van der Waals surface area contributed by atoms with Gasteiger partial charge in [0.25, 0.3) is 11.8 Å². The molecule has 3 aromatic carbocycles. The second-order valence-corrected chi connectivity index (χ2v) is 35.8. The number of aliphatic carboxylic acids is 2. The number of pyridine rings is 1. The van der Waals surface area contributed by atoms with E-state index in [1.54, 1.807) is 68.9 Å². The number of nitrogens with one attached hydrogen (secondary N) is 3. The van der Waals surface area contributed by atoms with Crippen molar-refractivity contribution in [2.45, 2.75) is 137 Å². The first-order chi connectivity index (χ1) is 69.8. The van der Waals surface area contributed by atoms with E-state index in [1.807, 2.05) is 78.1 Å². The molecule has 5 N–H and O–H groups in total. The standard InChI is InChI=1S/C43H51F3N4O8.C27H52N2O10.C22H44N2O8.C11H19NO4/c1-3-50(4-2)36-13-14-38(37(29-36)39-28-34(15-17-47-39)41(53)48-30-32-9-6-12-35(27-32)43(44,45)46)49-42(54)33-11-5-8-31(26-33)10-7-18-55-20-22-57-24-25-58-23-21-56-19-16-40(51)52;1-27(2,3)39-26(31)29-8-6-7-24(23-29)25(30)28(4)9-10-33-13-14-35-17-18-37-21-22-38-20-19-36-16-15-34-12-11-32-5;1-24(22(25)21-4-3-5-23-20-21)6-7-27-10-11-29-14-15-31-18-19-32-17-16-30-13-12-28-9-8-26-2;1-11(2,3)16-10(15)12-6-4-5-8(7-12)9(13)14/h5-6,8-9,11-15,17,26-29H,3-4,7,10,16,18-25,30H2,1-2H3,(H,48,53)(H,49,54)(H,51,52);24H,6-23H2,1-5H3;21,23H,3-20H2,1-2H3;8H,4-7H2,1-3H3,(H,13,14). The van der Waals surface area contributed by atoms with Crippen LogP contribution in [0.3, 0.4) is 0 Å². The van der Waals surface area contributed by atoms with Gasteiger partial charge in [-0.15, -0.1) is 0 Å². The lowest BCUT2D eigenvalue weighted by molar-refractivity contribution is -0.143. The number of rotatable bonds is 70. The highest BCUT2D eigenvalue weighted by atomic mass is 19.4. The summed E-state index contributed by atoms with van der Waals surface area (Å²) >= 11 is 0. The number of carbonyl (C=O) groups is 8. The van der Waals surface area contributed by atoms with Crippen molar-refractivity contribution in [3.05, 3.63) is 113 Å². The number of amides is 6. The van der Waals surface area contributed by atoms with Crippen molar-refractivity contribution in [3.63, 3.8) is 0 Å². The fourth-order valence-corrected chi connectivity index (χ4v) is 14.2. The zero-order valence-electron chi connectivity index (χ0n) is 87.6. The van der Waals surface area contributed by atoms with Gasteiger partial charge in [-0.3, -0.25) is 33.8 Å². The molecular weight excluding hydrogens is 1900 g/mol. The van der Waals surface area contributed by atoms with Crippen LogP contribution in [0.1, 0.15) is 144 Å². The van der Waals surface area contributed by atoms with E-state index in [0.29, 0.717) is 292 Å². The van der Waals surface area contributed by atoms with Crippen LogP contribution in [0.25, 0.3) is 11.3 Å². The molecule has 3 atom stereocenters. The maximum Gasteiger partial charge on any atom is 0.416 e. The summed E-state index contributed by atoms with van der Waals surface area (Å²) in [5.41, 5.74) is 2.54. The summed E-state index contributed by atoms with van der Waals surface area (Å²) in [4.78, 5) is 110. The van der Waals surface area contributed by atoms with Crippen LogP contribution in [0.15, 0.2) is 85.1 Å². The highest BCUT2D eigenvalue weighted by Crippen LogP contribution is 2.34. The van der Waals surface area contributed by atoms with E-state index in [2.05, 4.69) is 25.8 Å². The number of halogens is 3. The molecule has 824 valence electrons. The molecule has 4 aromatic rings. The van der Waals surface area contributed by atoms with Crippen molar-refractivity contribution >= 4 is 59.1 Å². The lowest BCUT2D eigenvalue weighted by Crippen LogP contribution is -2.47. The topological polar surface area (TPSA) is 427 Å². The van der Waals surface area contributed by atoms with Crippen LogP contribution < -0.4 is 20.9 Å². The van der Waals surface area contributed by atoms with Gasteiger partial charge in [-0.2, -0.15) is 13.2 Å². The Bertz CT molecular complexity index is 4150. The number of carbonyl (C=O) groups excluding carboxylic acids is 6. The average Bonchev–Trinajstić information content (AvgIpc) is 0.798. The number of piperidine rings is 3. The maximum atomic E-state index is 13.6. The molecule has 0 saturated carbocycles. The molecule has 7 rings (SSSR count). The molecular formula is C103H166F3N9O30. The summed E-state index contributed by atoms with van der Waals surface area (Å²) in [6, 6.07) is 20.9. The molecule has 3 saturated heterocycles. The Morgan fingerprint density at radius 3 is 1.29 bits per heavy atom. The van der Waals surface area contributed by atoms with E-state index in [-0.39, 0.29) is 67.3 Å². The fourth-order valence-electron chi connectivity index (χ4n) is 14.2. The molecule has 0 spiro atoms. The Kier molecular flexibility index (Phi) is 69.2. The van der Waals surface area contributed by atoms with Crippen LogP contribution in [-0.2, 0) is 133 Å². The van der Waals surface area contributed by atoms with Gasteiger partial charge in [0.05, 0.1) is 259 Å². The summed E-state index contributed by atoms with van der Waals surface area (Å²) in [6.45, 7) is 37.7. The van der Waals surface area contributed by atoms with Crippen LogP contribution in [-0.4, -0.2) is 412 Å². The Morgan fingerprint density at radius 2 is 0.862 bits per heavy atom. The Morgan fingerprint density at radius 1 is 0.455 bits per heavy atom. The number of alkyl halides is 3. The third-order valence-corrected chi connectivity index (χ3v) is 21.9. The van der Waals surface area contributed by atoms with E-state index in [0.717, 1.165) is 88.1 Å². The summed E-state index contributed by atoms with van der Waals surface area (Å²) in [6.07, 6.45) is 2.56. The molecule has 3 fully saturated rings. The minimum absolute atomic E-state index is 0.0279. The minimum Gasteiger partial charge on any atom is -0.481 e. The third kappa shape index (κ3) is 61.5. The van der Waals surface area contributed by atoms with Gasteiger partial charge in [0, 0.05) is 129 Å². The molecule has 4 heterocycles. The normalized spacial score (nSPS) is 14.8. The van der Waals surface area contributed by atoms with E-state index < -0.39 is 52.8 Å². The number of carboxylic acid groups (broad SMARTS) is 2. The summed E-state index contributed by atoms with van der Waals surface area (Å²) in [7, 11) is 6.89. The second kappa shape index (κ2) is 78.3. The van der Waals surface area contributed by atoms with E-state index in [9.17, 15) is 51.5 Å². The number of nitrogens with zero attached hydrogens (tertiary/aromatic N) is 6. The lowest BCUT2D eigenvalue weighted by atomic mass is 9.97. The second-order valence-electron chi connectivity index (χ2n) is 35.8. The van der Waals surface area contributed by atoms with Crippen LogP contribution in [0.5, 0.6) is 0 Å². The number of methoxy groups -OCH3 is 2. The fraction of sp³-hybridized carbons (Fsp3) is 0.699. The molecule has 42 heteroatoms. The molecule has 0 radical (unpaired) electrons. The SMILES string of the molecule is CC(C)(C)OC(=O)N1CCCC(C(=O)O)C1.CCN(CC)c1ccc(NC(=O)c2cccc(CCCOCCOCCOCCOCCC(=O)O)c2)c(-c2cc(C(=O)NCc3cccc(C(F)(F)F)c3)ccn2)c1.COCCOCCOCCOCCOCCOCCOCCN(C)C(=O)C1CCCN(C(=O)OC(C)(C)C)C1.COCCOCCOCCOCCOCCOCCOCCN(C)C(=O)C1CCCNC1. The highest BCUT2D eigenvalue weighted by molar-refractivity contribution is 6.07. The van der Waals surface area contributed by atoms with Gasteiger partial charge >= 0.3 is 30.3 Å². The molecule has 39 nitrogen and oxygen atoms in total. The van der Waals surface area contributed by atoms with Gasteiger partial charge < -0.3 is 145 Å². The van der Waals surface area contributed by atoms with Crippen LogP contribution in [0.4, 0.5) is 34.1 Å². The Labute approximate surface area is 854 Å². The molecule has 3 unspecified atom stereocenters. The molecule has 6 amide bonds. The van der Waals surface area contributed by atoms with Crippen molar-refractivity contribution in [2.75, 3.05) is 329 Å². The van der Waals surface area contributed by atoms with Crippen molar-refractivity contribution in [2.24, 2.45) is 17.8 Å². The smallest absolute Gasteiger partial charge is 0.416 e. The van der Waals surface area contributed by atoms with E-state index >= 15 is 0 Å². The monoisotopic (exact) mass is 2070 g/mol. The zero-order chi connectivity index (χ0) is 106. The first kappa shape index (κ1) is 128. The average molecular weight is 2070 g/mol. The van der Waals surface area contributed by atoms with Gasteiger partial charge in [0.1, 0.15) is 11.2 Å². The number of anilines is 2. The van der Waals surface area contributed by atoms with Crippen molar-refractivity contribution < 1.29 is 156 Å². The van der Waals surface area contributed by atoms with Crippen LogP contribution in [0, 0.1) is 17.8 Å². The Balaban J connectivity index is 0.000000437. The summed E-state index contributed by atoms with van der Waals surface area (Å²) < 4.78 is 147. The van der Waals surface area contributed by atoms with Crippen molar-refractivity contribution in [1.82, 2.24) is 35.2 Å².